The van der Waals surface area contributed by atoms with Gasteiger partial charge in [0.25, 0.3) is 11.8 Å². The van der Waals surface area contributed by atoms with Gasteiger partial charge in [-0.15, -0.1) is 0 Å². The normalized spacial score (nSPS) is 18.3. The zero-order chi connectivity index (χ0) is 31.1. The van der Waals surface area contributed by atoms with E-state index >= 15 is 0 Å². The Morgan fingerprint density at radius 1 is 0.800 bits per heavy atom. The van der Waals surface area contributed by atoms with E-state index in [0.717, 1.165) is 27.1 Å². The third-order valence-corrected chi connectivity index (χ3v) is 8.98. The molecular weight excluding hydrogens is 566 g/mol. The number of phenolic OH excluding ortho intramolecular Hbond substituents is 1. The monoisotopic (exact) mass is 597 g/mol. The molecule has 3 amide bonds. The number of phenols is 1. The number of aromatic hydroxyl groups is 1. The molecule has 0 bridgehead atoms. The summed E-state index contributed by atoms with van der Waals surface area (Å²) in [5.41, 5.74) is 1.69. The number of benzene rings is 5. The van der Waals surface area contributed by atoms with E-state index in [1.54, 1.807) is 35.2 Å². The topological polar surface area (TPSA) is 107 Å². The van der Waals surface area contributed by atoms with Crippen LogP contribution in [0.4, 0.5) is 0 Å². The molecule has 0 saturated carbocycles. The first-order valence-corrected chi connectivity index (χ1v) is 15.1. The van der Waals surface area contributed by atoms with E-state index in [4.69, 9.17) is 0 Å². The minimum atomic E-state index is -0.974. The molecule has 8 heteroatoms. The Labute approximate surface area is 259 Å². The lowest BCUT2D eigenvalue weighted by molar-refractivity contribution is -0.138. The molecule has 7 rings (SSSR count). The second-order valence-electron chi connectivity index (χ2n) is 11.7. The fourth-order valence-corrected chi connectivity index (χ4v) is 6.75. The first-order chi connectivity index (χ1) is 21.9. The van der Waals surface area contributed by atoms with Gasteiger partial charge in [0.1, 0.15) is 17.8 Å². The van der Waals surface area contributed by atoms with Crippen LogP contribution in [0.15, 0.2) is 109 Å². The van der Waals surface area contributed by atoms with Gasteiger partial charge in [-0.2, -0.15) is 0 Å². The predicted octanol–water partition coefficient (Wildman–Crippen LogP) is 4.73. The quantitative estimate of drug-likeness (QED) is 0.294. The first kappa shape index (κ1) is 28.3. The van der Waals surface area contributed by atoms with E-state index in [1.165, 1.54) is 17.0 Å². The number of nitrogens with one attached hydrogen (secondary N) is 1. The summed E-state index contributed by atoms with van der Waals surface area (Å²) in [6, 6.07) is 30.6. The standard InChI is InChI=1S/C37H31N3O5/c41-28-16-12-23(13-17-28)20-31(38-35(43)30-11-5-9-25-7-3-4-10-29(25)30)37(45)39-19-18-32-34(39)33(42)22-40(32)36(44)27-15-14-24-6-1-2-8-26(24)21-27/h1-17,21,31-32,34,41H,18-20,22H2,(H,38,43)/t31?,32-,34+/m1/s1. The summed E-state index contributed by atoms with van der Waals surface area (Å²) in [4.78, 5) is 58.1. The van der Waals surface area contributed by atoms with Crippen molar-refractivity contribution in [1.29, 1.82) is 0 Å². The number of carbonyl (C=O) groups is 4. The summed E-state index contributed by atoms with van der Waals surface area (Å²) in [5.74, 6) is -1.11. The Morgan fingerprint density at radius 2 is 1.51 bits per heavy atom. The van der Waals surface area contributed by atoms with Gasteiger partial charge in [-0.25, -0.2) is 0 Å². The highest BCUT2D eigenvalue weighted by atomic mass is 16.3. The van der Waals surface area contributed by atoms with Crippen molar-refractivity contribution >= 4 is 45.0 Å². The molecule has 2 heterocycles. The van der Waals surface area contributed by atoms with Gasteiger partial charge in [-0.3, -0.25) is 19.2 Å². The number of Topliss-reactive ketones (excluding diaryl/α,β-unsaturated/α-hetero) is 1. The zero-order valence-corrected chi connectivity index (χ0v) is 24.4. The van der Waals surface area contributed by atoms with Crippen LogP contribution in [0.2, 0.25) is 0 Å². The highest BCUT2D eigenvalue weighted by molar-refractivity contribution is 6.09. The average Bonchev–Trinajstić information content (AvgIpc) is 3.65. The molecule has 45 heavy (non-hydrogen) atoms. The van der Waals surface area contributed by atoms with Gasteiger partial charge in [0.05, 0.1) is 12.6 Å². The summed E-state index contributed by atoms with van der Waals surface area (Å²) >= 11 is 0. The van der Waals surface area contributed by atoms with Crippen LogP contribution in [-0.2, 0) is 16.0 Å². The molecule has 2 aliphatic rings. The summed E-state index contributed by atoms with van der Waals surface area (Å²) in [6.07, 6.45) is 0.627. The van der Waals surface area contributed by atoms with Crippen molar-refractivity contribution in [2.45, 2.75) is 31.0 Å². The summed E-state index contributed by atoms with van der Waals surface area (Å²) in [7, 11) is 0. The lowest BCUT2D eigenvalue weighted by Gasteiger charge is -2.28. The molecule has 2 saturated heterocycles. The molecule has 0 spiro atoms. The summed E-state index contributed by atoms with van der Waals surface area (Å²) in [5, 5.41) is 16.4. The maximum Gasteiger partial charge on any atom is 0.254 e. The second kappa shape index (κ2) is 11.5. The molecule has 2 aliphatic heterocycles. The van der Waals surface area contributed by atoms with Crippen LogP contribution < -0.4 is 5.32 Å². The lowest BCUT2D eigenvalue weighted by Crippen LogP contribution is -2.53. The van der Waals surface area contributed by atoms with E-state index in [0.29, 0.717) is 17.5 Å². The van der Waals surface area contributed by atoms with Crippen LogP contribution in [0, 0.1) is 0 Å². The van der Waals surface area contributed by atoms with E-state index in [9.17, 15) is 24.3 Å². The van der Waals surface area contributed by atoms with Gasteiger partial charge in [-0.05, 0) is 63.9 Å². The second-order valence-corrected chi connectivity index (χ2v) is 11.7. The van der Waals surface area contributed by atoms with Gasteiger partial charge in [0.15, 0.2) is 5.78 Å². The Kier molecular flexibility index (Phi) is 7.25. The highest BCUT2D eigenvalue weighted by Gasteiger charge is 2.52. The lowest BCUT2D eigenvalue weighted by atomic mass is 10.0. The highest BCUT2D eigenvalue weighted by Crippen LogP contribution is 2.32. The van der Waals surface area contributed by atoms with E-state index in [2.05, 4.69) is 5.32 Å². The van der Waals surface area contributed by atoms with Gasteiger partial charge in [-0.1, -0.05) is 78.9 Å². The van der Waals surface area contributed by atoms with Crippen LogP contribution in [0.5, 0.6) is 5.75 Å². The van der Waals surface area contributed by atoms with Gasteiger partial charge in [0.2, 0.25) is 5.91 Å². The number of fused-ring (bicyclic) bond motifs is 3. The molecule has 0 aliphatic carbocycles. The molecule has 3 atom stereocenters. The molecule has 224 valence electrons. The van der Waals surface area contributed by atoms with Crippen LogP contribution in [0.1, 0.15) is 32.7 Å². The van der Waals surface area contributed by atoms with Crippen molar-refractivity contribution in [2.24, 2.45) is 0 Å². The molecule has 8 nitrogen and oxygen atoms in total. The van der Waals surface area contributed by atoms with E-state index in [1.807, 2.05) is 66.7 Å². The molecule has 5 aromatic carbocycles. The molecular formula is C37H31N3O5. The number of likely N-dealkylation sites (tertiary alicyclic amines) is 2. The van der Waals surface area contributed by atoms with Crippen molar-refractivity contribution in [2.75, 3.05) is 13.1 Å². The number of ketones is 1. The summed E-state index contributed by atoms with van der Waals surface area (Å²) in [6.45, 7) is 0.216. The Bertz CT molecular complexity index is 1970. The number of hydrogen-bond acceptors (Lipinski definition) is 5. The maximum absolute atomic E-state index is 14.2. The minimum absolute atomic E-state index is 0.0736. The van der Waals surface area contributed by atoms with Gasteiger partial charge >= 0.3 is 0 Å². The first-order valence-electron chi connectivity index (χ1n) is 15.1. The number of rotatable bonds is 6. The predicted molar refractivity (Wildman–Crippen MR) is 171 cm³/mol. The number of hydrogen-bond donors (Lipinski definition) is 2. The van der Waals surface area contributed by atoms with E-state index in [-0.39, 0.29) is 42.9 Å². The Morgan fingerprint density at radius 3 is 2.31 bits per heavy atom. The number of carbonyl (C=O) groups excluding carboxylic acids is 4. The van der Waals surface area contributed by atoms with Crippen molar-refractivity contribution in [3.8, 4) is 5.75 Å². The van der Waals surface area contributed by atoms with Crippen LogP contribution in [0.3, 0.4) is 0 Å². The fraction of sp³-hybridized carbons (Fsp3) is 0.189. The maximum atomic E-state index is 14.2. The van der Waals surface area contributed by atoms with Crippen molar-refractivity contribution in [3.05, 3.63) is 126 Å². The van der Waals surface area contributed by atoms with Crippen molar-refractivity contribution < 1.29 is 24.3 Å². The average molecular weight is 598 g/mol. The molecule has 1 unspecified atom stereocenters. The summed E-state index contributed by atoms with van der Waals surface area (Å²) < 4.78 is 0. The largest absolute Gasteiger partial charge is 0.508 e. The van der Waals surface area contributed by atoms with Crippen LogP contribution >= 0.6 is 0 Å². The molecule has 0 aromatic heterocycles. The molecule has 5 aromatic rings. The molecule has 2 N–H and O–H groups in total. The SMILES string of the molecule is O=C(NC(Cc1ccc(O)cc1)C(=O)N1CC[C@@H]2[C@H]1C(=O)CN2C(=O)c1ccc2ccccc2c1)c1cccc2ccccc12. The molecule has 2 fully saturated rings. The smallest absolute Gasteiger partial charge is 0.254 e. The van der Waals surface area contributed by atoms with Gasteiger partial charge in [0, 0.05) is 24.1 Å². The molecule has 0 radical (unpaired) electrons. The number of amides is 3. The minimum Gasteiger partial charge on any atom is -0.508 e. The fourth-order valence-electron chi connectivity index (χ4n) is 6.75. The van der Waals surface area contributed by atoms with Crippen LogP contribution in [0.25, 0.3) is 21.5 Å². The Balaban J connectivity index is 1.15. The number of nitrogens with zero attached hydrogens (tertiary/aromatic N) is 2. The zero-order valence-electron chi connectivity index (χ0n) is 24.4. The van der Waals surface area contributed by atoms with E-state index < -0.39 is 24.0 Å². The van der Waals surface area contributed by atoms with Crippen LogP contribution in [-0.4, -0.2) is 69.6 Å². The third kappa shape index (κ3) is 5.29. The Hall–Kier alpha value is -5.50. The van der Waals surface area contributed by atoms with Crippen molar-refractivity contribution in [3.63, 3.8) is 0 Å². The van der Waals surface area contributed by atoms with Crippen molar-refractivity contribution in [1.82, 2.24) is 15.1 Å². The van der Waals surface area contributed by atoms with Gasteiger partial charge < -0.3 is 20.2 Å². The third-order valence-electron chi connectivity index (χ3n) is 8.98.